The van der Waals surface area contributed by atoms with Gasteiger partial charge in [0.15, 0.2) is 0 Å². The zero-order valence-electron chi connectivity index (χ0n) is 13.2. The Bertz CT molecular complexity index is 760. The Kier molecular flexibility index (Phi) is 4.26. The van der Waals surface area contributed by atoms with Gasteiger partial charge >= 0.3 is 0 Å². The fourth-order valence-corrected chi connectivity index (χ4v) is 3.95. The summed E-state index contributed by atoms with van der Waals surface area (Å²) in [6.45, 7) is 5.69. The van der Waals surface area contributed by atoms with Gasteiger partial charge < -0.3 is 4.90 Å². The summed E-state index contributed by atoms with van der Waals surface area (Å²) in [6.07, 6.45) is 1.12. The third-order valence-corrected chi connectivity index (χ3v) is 5.40. The number of thiazole rings is 1. The molecule has 1 aromatic heterocycles. The second kappa shape index (κ2) is 6.69. The number of piperazine rings is 1. The fraction of sp³-hybridized carbons (Fsp3) is 0.316. The van der Waals surface area contributed by atoms with Crippen molar-refractivity contribution in [1.82, 2.24) is 9.88 Å². The molecule has 0 spiro atoms. The predicted octanol–water partition coefficient (Wildman–Crippen LogP) is 3.66. The topological polar surface area (TPSA) is 19.4 Å². The smallest absolute Gasteiger partial charge is 0.0812 e. The number of hydrogen-bond acceptors (Lipinski definition) is 4. The van der Waals surface area contributed by atoms with E-state index in [0.717, 1.165) is 44.7 Å². The number of rotatable bonds is 4. The Morgan fingerprint density at radius 2 is 1.78 bits per heavy atom. The summed E-state index contributed by atoms with van der Waals surface area (Å²) in [5, 5.41) is 0. The van der Waals surface area contributed by atoms with Gasteiger partial charge in [0.1, 0.15) is 0 Å². The Hall–Kier alpha value is -1.91. The van der Waals surface area contributed by atoms with E-state index in [1.807, 2.05) is 5.51 Å². The van der Waals surface area contributed by atoms with Crippen molar-refractivity contribution in [2.45, 2.75) is 6.42 Å². The largest absolute Gasteiger partial charge is 0.369 e. The summed E-state index contributed by atoms with van der Waals surface area (Å²) < 4.78 is 1.30. The van der Waals surface area contributed by atoms with Gasteiger partial charge in [-0.05, 0) is 36.2 Å². The van der Waals surface area contributed by atoms with E-state index in [2.05, 4.69) is 63.3 Å². The maximum atomic E-state index is 4.35. The normalized spacial score (nSPS) is 16.1. The van der Waals surface area contributed by atoms with Gasteiger partial charge in [-0.3, -0.25) is 4.90 Å². The molecule has 0 N–H and O–H groups in total. The number of nitrogens with zero attached hydrogens (tertiary/aromatic N) is 3. The van der Waals surface area contributed by atoms with Crippen LogP contribution in [0.25, 0.3) is 10.2 Å². The summed E-state index contributed by atoms with van der Waals surface area (Å²) >= 11 is 1.73. The van der Waals surface area contributed by atoms with Gasteiger partial charge in [-0.15, -0.1) is 11.3 Å². The molecule has 4 rings (SSSR count). The van der Waals surface area contributed by atoms with Crippen LogP contribution in [0.15, 0.2) is 54.0 Å². The molecule has 2 aromatic carbocycles. The number of hydrogen-bond donors (Lipinski definition) is 0. The highest BCUT2D eigenvalue weighted by Crippen LogP contribution is 2.20. The molecule has 0 amide bonds. The van der Waals surface area contributed by atoms with Crippen molar-refractivity contribution in [3.63, 3.8) is 0 Å². The summed E-state index contributed by atoms with van der Waals surface area (Å²) in [7, 11) is 0. The summed E-state index contributed by atoms with van der Waals surface area (Å²) in [5.74, 6) is 0. The van der Waals surface area contributed by atoms with Crippen LogP contribution in [0.3, 0.4) is 0 Å². The zero-order chi connectivity index (χ0) is 15.5. The minimum atomic E-state index is 1.12. The molecule has 118 valence electrons. The SMILES string of the molecule is c1ccc(N2CCN(CCc3ccc4ncsc4c3)CC2)cc1. The van der Waals surface area contributed by atoms with E-state index in [4.69, 9.17) is 0 Å². The van der Waals surface area contributed by atoms with Crippen molar-refractivity contribution >= 4 is 27.2 Å². The van der Waals surface area contributed by atoms with Crippen LogP contribution >= 0.6 is 11.3 Å². The van der Waals surface area contributed by atoms with Crippen molar-refractivity contribution in [1.29, 1.82) is 0 Å². The summed E-state index contributed by atoms with van der Waals surface area (Å²) in [6, 6.07) is 17.4. The molecule has 0 unspecified atom stereocenters. The lowest BCUT2D eigenvalue weighted by molar-refractivity contribution is 0.261. The van der Waals surface area contributed by atoms with Crippen LogP contribution in [-0.4, -0.2) is 42.6 Å². The first-order chi connectivity index (χ1) is 11.4. The molecule has 1 aliphatic rings. The third kappa shape index (κ3) is 3.38. The van der Waals surface area contributed by atoms with Crippen molar-refractivity contribution in [2.75, 3.05) is 37.6 Å². The highest BCUT2D eigenvalue weighted by molar-refractivity contribution is 7.16. The second-order valence-corrected chi connectivity index (χ2v) is 6.96. The van der Waals surface area contributed by atoms with E-state index in [1.165, 1.54) is 16.0 Å². The minimum absolute atomic E-state index is 1.12. The Morgan fingerprint density at radius 1 is 0.957 bits per heavy atom. The maximum absolute atomic E-state index is 4.35. The Labute approximate surface area is 141 Å². The number of anilines is 1. The van der Waals surface area contributed by atoms with Crippen LogP contribution in [0.1, 0.15) is 5.56 Å². The van der Waals surface area contributed by atoms with Crippen molar-refractivity contribution in [3.05, 3.63) is 59.6 Å². The highest BCUT2D eigenvalue weighted by Gasteiger charge is 2.16. The van der Waals surface area contributed by atoms with E-state index in [-0.39, 0.29) is 0 Å². The third-order valence-electron chi connectivity index (χ3n) is 4.61. The van der Waals surface area contributed by atoms with Crippen LogP contribution in [0, 0.1) is 0 Å². The second-order valence-electron chi connectivity index (χ2n) is 6.07. The van der Waals surface area contributed by atoms with Gasteiger partial charge in [-0.25, -0.2) is 4.98 Å². The van der Waals surface area contributed by atoms with Crippen molar-refractivity contribution < 1.29 is 0 Å². The van der Waals surface area contributed by atoms with Crippen molar-refractivity contribution in [3.8, 4) is 0 Å². The van der Waals surface area contributed by atoms with Gasteiger partial charge in [0.25, 0.3) is 0 Å². The molecule has 1 saturated heterocycles. The lowest BCUT2D eigenvalue weighted by atomic mass is 10.1. The summed E-state index contributed by atoms with van der Waals surface area (Å²) in [4.78, 5) is 9.42. The van der Waals surface area contributed by atoms with Gasteiger partial charge in [0.05, 0.1) is 15.7 Å². The number of aromatic nitrogens is 1. The van der Waals surface area contributed by atoms with Gasteiger partial charge in [-0.2, -0.15) is 0 Å². The molecule has 0 atom stereocenters. The van der Waals surface area contributed by atoms with Crippen LogP contribution in [-0.2, 0) is 6.42 Å². The molecule has 3 nitrogen and oxygen atoms in total. The van der Waals surface area contributed by atoms with E-state index in [1.54, 1.807) is 11.3 Å². The average molecular weight is 323 g/mol. The van der Waals surface area contributed by atoms with E-state index in [9.17, 15) is 0 Å². The molecule has 0 radical (unpaired) electrons. The van der Waals surface area contributed by atoms with Gasteiger partial charge in [0.2, 0.25) is 0 Å². The highest BCUT2D eigenvalue weighted by atomic mass is 32.1. The molecule has 0 saturated carbocycles. The standard InChI is InChI=1S/C19H21N3S/c1-2-4-17(5-3-1)22-12-10-21(11-13-22)9-8-16-6-7-18-19(14-16)23-15-20-18/h1-7,14-15H,8-13H2. The fourth-order valence-electron chi connectivity index (χ4n) is 3.21. The van der Waals surface area contributed by atoms with E-state index in [0.29, 0.717) is 0 Å². The van der Waals surface area contributed by atoms with Crippen molar-refractivity contribution in [2.24, 2.45) is 0 Å². The lowest BCUT2D eigenvalue weighted by Crippen LogP contribution is -2.46. The predicted molar refractivity (Wildman–Crippen MR) is 98.4 cm³/mol. The summed E-state index contributed by atoms with van der Waals surface area (Å²) in [5.41, 5.74) is 5.82. The molecular formula is C19H21N3S. The van der Waals surface area contributed by atoms with E-state index < -0.39 is 0 Å². The maximum Gasteiger partial charge on any atom is 0.0812 e. The average Bonchev–Trinajstić information content (AvgIpc) is 3.09. The molecule has 3 aromatic rings. The number of fused-ring (bicyclic) bond motifs is 1. The number of benzene rings is 2. The van der Waals surface area contributed by atoms with Gasteiger partial charge in [0, 0.05) is 38.4 Å². The van der Waals surface area contributed by atoms with E-state index >= 15 is 0 Å². The number of para-hydroxylation sites is 1. The Balaban J connectivity index is 1.31. The quantitative estimate of drug-likeness (QED) is 0.730. The lowest BCUT2D eigenvalue weighted by Gasteiger charge is -2.36. The first-order valence-corrected chi connectivity index (χ1v) is 9.11. The van der Waals surface area contributed by atoms with Crippen LogP contribution in [0.2, 0.25) is 0 Å². The van der Waals surface area contributed by atoms with Crippen LogP contribution in [0.5, 0.6) is 0 Å². The molecular weight excluding hydrogens is 302 g/mol. The molecule has 2 heterocycles. The van der Waals surface area contributed by atoms with Gasteiger partial charge in [-0.1, -0.05) is 24.3 Å². The molecule has 23 heavy (non-hydrogen) atoms. The molecule has 0 aliphatic carbocycles. The molecule has 0 bridgehead atoms. The zero-order valence-corrected chi connectivity index (χ0v) is 14.0. The molecule has 4 heteroatoms. The minimum Gasteiger partial charge on any atom is -0.369 e. The van der Waals surface area contributed by atoms with Crippen LogP contribution < -0.4 is 4.90 Å². The molecule has 1 aliphatic heterocycles. The Morgan fingerprint density at radius 3 is 2.61 bits per heavy atom. The first-order valence-electron chi connectivity index (χ1n) is 8.23. The van der Waals surface area contributed by atoms with Crippen LogP contribution in [0.4, 0.5) is 5.69 Å². The monoisotopic (exact) mass is 323 g/mol. The molecule has 1 fully saturated rings. The first kappa shape index (κ1) is 14.7.